The van der Waals surface area contributed by atoms with Crippen molar-refractivity contribution < 1.29 is 16.9 Å². The molecule has 0 aliphatic rings. The lowest BCUT2D eigenvalue weighted by Gasteiger charge is -2.32. The zero-order valence-corrected chi connectivity index (χ0v) is 8.54. The maximum absolute atomic E-state index is 5.80. The van der Waals surface area contributed by atoms with E-state index < -0.39 is 0 Å². The predicted molar refractivity (Wildman–Crippen MR) is 42.6 cm³/mol. The largest absolute Gasteiger partial charge is 1.00 e. The van der Waals surface area contributed by atoms with Gasteiger partial charge in [-0.1, -0.05) is 11.6 Å². The molecule has 0 aliphatic carbocycles. The van der Waals surface area contributed by atoms with Gasteiger partial charge in [-0.05, 0) is 20.8 Å². The predicted octanol–water partition coefficient (Wildman–Crippen LogP) is -0.937. The van der Waals surface area contributed by atoms with Crippen molar-refractivity contribution in [3.8, 4) is 0 Å². The number of halogens is 2. The monoisotopic (exact) mass is 185 g/mol. The zero-order chi connectivity index (χ0) is 7.33. The summed E-state index contributed by atoms with van der Waals surface area (Å²) in [5.74, 6) is 0. The van der Waals surface area contributed by atoms with Crippen molar-refractivity contribution >= 4 is 11.6 Å². The van der Waals surface area contributed by atoms with Crippen molar-refractivity contribution in [2.45, 2.75) is 20.8 Å². The van der Waals surface area contributed by atoms with Gasteiger partial charge in [-0.25, -0.2) is 0 Å². The molecule has 3 heteroatoms. The van der Waals surface area contributed by atoms with Crippen LogP contribution in [0.2, 0.25) is 0 Å². The van der Waals surface area contributed by atoms with Crippen molar-refractivity contribution in [3.63, 3.8) is 0 Å². The molecule has 64 valence electrons. The van der Waals surface area contributed by atoms with E-state index in [0.29, 0.717) is 0 Å². The molecule has 0 atom stereocenters. The fraction of sp³-hybridized carbons (Fsp3) is 1.00. The van der Waals surface area contributed by atoms with E-state index in [-0.39, 0.29) is 12.4 Å². The Morgan fingerprint density at radius 1 is 1.00 bits per heavy atom. The minimum Gasteiger partial charge on any atom is -1.00 e. The third-order valence-corrected chi connectivity index (χ3v) is 2.77. The lowest BCUT2D eigenvalue weighted by Crippen LogP contribution is -3.00. The van der Waals surface area contributed by atoms with Crippen molar-refractivity contribution in [1.82, 2.24) is 0 Å². The molecule has 0 amide bonds. The van der Waals surface area contributed by atoms with Crippen molar-refractivity contribution in [2.24, 2.45) is 0 Å². The first-order chi connectivity index (χ1) is 4.24. The summed E-state index contributed by atoms with van der Waals surface area (Å²) in [7, 11) is 0. The maximum Gasteiger partial charge on any atom is 0.154 e. The summed E-state index contributed by atoms with van der Waals surface area (Å²) in [5, 5.41) is 0. The van der Waals surface area contributed by atoms with Crippen LogP contribution in [0.1, 0.15) is 20.8 Å². The zero-order valence-electron chi connectivity index (χ0n) is 7.03. The van der Waals surface area contributed by atoms with Gasteiger partial charge in [0.1, 0.15) is 0 Å². The van der Waals surface area contributed by atoms with E-state index in [1.54, 1.807) is 0 Å². The Kier molecular flexibility index (Phi) is 8.24. The smallest absolute Gasteiger partial charge is 0.154 e. The summed E-state index contributed by atoms with van der Waals surface area (Å²) in [6.45, 7) is 10.0. The average Bonchev–Trinajstić information content (AvgIpc) is 1.95. The topological polar surface area (TPSA) is 0 Å². The van der Waals surface area contributed by atoms with E-state index in [1.165, 1.54) is 0 Å². The Morgan fingerprint density at radius 2 is 1.30 bits per heavy atom. The molecule has 0 saturated heterocycles. The van der Waals surface area contributed by atoms with Gasteiger partial charge in [0.25, 0.3) is 0 Å². The highest BCUT2D eigenvalue weighted by Gasteiger charge is 2.17. The van der Waals surface area contributed by atoms with Gasteiger partial charge in [-0.15, -0.1) is 0 Å². The van der Waals surface area contributed by atoms with Crippen LogP contribution in [0.25, 0.3) is 0 Å². The molecular weight excluding hydrogens is 169 g/mol. The number of rotatable bonds is 4. The first kappa shape index (κ1) is 13.2. The molecular formula is C7H17Cl2N. The van der Waals surface area contributed by atoms with Gasteiger partial charge in [0, 0.05) is 0 Å². The summed E-state index contributed by atoms with van der Waals surface area (Å²) < 4.78 is 1.04. The van der Waals surface area contributed by atoms with E-state index in [1.807, 2.05) is 0 Å². The molecule has 0 aromatic heterocycles. The Hall–Kier alpha value is 0.540. The summed E-state index contributed by atoms with van der Waals surface area (Å²) >= 11 is 5.80. The molecule has 0 aromatic rings. The van der Waals surface area contributed by atoms with Crippen LogP contribution < -0.4 is 12.4 Å². The normalized spacial score (nSPS) is 10.8. The summed E-state index contributed by atoms with van der Waals surface area (Å²) in [5.41, 5.74) is 0. The Labute approximate surface area is 75.4 Å². The number of alkyl halides is 1. The van der Waals surface area contributed by atoms with E-state index in [4.69, 9.17) is 11.6 Å². The van der Waals surface area contributed by atoms with Gasteiger partial charge in [0.2, 0.25) is 0 Å². The van der Waals surface area contributed by atoms with E-state index >= 15 is 0 Å². The fourth-order valence-corrected chi connectivity index (χ4v) is 1.43. The van der Waals surface area contributed by atoms with Crippen molar-refractivity contribution in [2.75, 3.05) is 25.6 Å². The average molecular weight is 186 g/mol. The maximum atomic E-state index is 5.80. The molecule has 0 radical (unpaired) electrons. The first-order valence-electron chi connectivity index (χ1n) is 3.65. The first-order valence-corrected chi connectivity index (χ1v) is 4.19. The van der Waals surface area contributed by atoms with E-state index in [2.05, 4.69) is 20.8 Å². The van der Waals surface area contributed by atoms with Crippen molar-refractivity contribution in [1.29, 1.82) is 0 Å². The minimum atomic E-state index is 0. The second-order valence-corrected chi connectivity index (χ2v) is 2.65. The molecule has 1 nitrogen and oxygen atoms in total. The van der Waals surface area contributed by atoms with Crippen LogP contribution in [0.3, 0.4) is 0 Å². The minimum absolute atomic E-state index is 0. The van der Waals surface area contributed by atoms with Crippen LogP contribution in [0.5, 0.6) is 0 Å². The standard InChI is InChI=1S/C7H17ClN.ClH/c1-4-9(5-2,6-3)7-8;/h4-7H2,1-3H3;1H/q+1;/p-1. The molecule has 0 aromatic carbocycles. The third kappa shape index (κ3) is 3.09. The molecule has 10 heavy (non-hydrogen) atoms. The molecule has 0 bridgehead atoms. The van der Waals surface area contributed by atoms with Crippen molar-refractivity contribution in [3.05, 3.63) is 0 Å². The van der Waals surface area contributed by atoms with Crippen LogP contribution in [0.4, 0.5) is 0 Å². The van der Waals surface area contributed by atoms with Crippen LogP contribution in [-0.2, 0) is 0 Å². The number of quaternary nitrogens is 1. The summed E-state index contributed by atoms with van der Waals surface area (Å²) in [6.07, 6.45) is 0. The molecule has 0 heterocycles. The lowest BCUT2D eigenvalue weighted by atomic mass is 10.4. The van der Waals surface area contributed by atoms with E-state index in [0.717, 1.165) is 30.1 Å². The molecule has 0 unspecified atom stereocenters. The Bertz CT molecular complexity index is 54.5. The van der Waals surface area contributed by atoms with Crippen LogP contribution in [0, 0.1) is 0 Å². The Morgan fingerprint density at radius 3 is 1.30 bits per heavy atom. The number of hydrogen-bond acceptors (Lipinski definition) is 0. The van der Waals surface area contributed by atoms with Gasteiger partial charge in [0.15, 0.2) is 6.00 Å². The molecule has 0 spiro atoms. The highest BCUT2D eigenvalue weighted by molar-refractivity contribution is 6.16. The highest BCUT2D eigenvalue weighted by Crippen LogP contribution is 2.06. The van der Waals surface area contributed by atoms with Gasteiger partial charge in [0.05, 0.1) is 19.6 Å². The van der Waals surface area contributed by atoms with Gasteiger partial charge in [-0.3, -0.25) is 0 Å². The molecule has 0 aliphatic heterocycles. The van der Waals surface area contributed by atoms with E-state index in [9.17, 15) is 0 Å². The van der Waals surface area contributed by atoms with Gasteiger partial charge < -0.3 is 16.9 Å². The highest BCUT2D eigenvalue weighted by atomic mass is 35.5. The van der Waals surface area contributed by atoms with Crippen LogP contribution >= 0.6 is 11.6 Å². The lowest BCUT2D eigenvalue weighted by molar-refractivity contribution is -0.912. The molecule has 0 N–H and O–H groups in total. The third-order valence-electron chi connectivity index (χ3n) is 2.27. The second-order valence-electron chi connectivity index (χ2n) is 2.41. The quantitative estimate of drug-likeness (QED) is 0.302. The fourth-order valence-electron chi connectivity index (χ4n) is 0.924. The molecule has 0 fully saturated rings. The SMILES string of the molecule is CC[N+](CC)(CC)CCl.[Cl-]. The molecule has 0 rings (SSSR count). The second kappa shape index (κ2) is 6.26. The van der Waals surface area contributed by atoms with Gasteiger partial charge >= 0.3 is 0 Å². The number of hydrogen-bond donors (Lipinski definition) is 0. The Balaban J connectivity index is 0. The summed E-state index contributed by atoms with van der Waals surface area (Å²) in [6, 6.07) is 0.753. The van der Waals surface area contributed by atoms with Crippen LogP contribution in [0.15, 0.2) is 0 Å². The molecule has 0 saturated carbocycles. The summed E-state index contributed by atoms with van der Waals surface area (Å²) in [4.78, 5) is 0. The van der Waals surface area contributed by atoms with Crippen LogP contribution in [-0.4, -0.2) is 30.1 Å². The van der Waals surface area contributed by atoms with Gasteiger partial charge in [-0.2, -0.15) is 0 Å². The number of nitrogens with zero attached hydrogens (tertiary/aromatic N) is 1.